The fourth-order valence-electron chi connectivity index (χ4n) is 2.40. The van der Waals surface area contributed by atoms with E-state index >= 15 is 0 Å². The van der Waals surface area contributed by atoms with Crippen LogP contribution in [0.3, 0.4) is 0 Å². The van der Waals surface area contributed by atoms with E-state index in [4.69, 9.17) is 0 Å². The van der Waals surface area contributed by atoms with Gasteiger partial charge in [0.2, 0.25) is 5.91 Å². The summed E-state index contributed by atoms with van der Waals surface area (Å²) in [5, 5.41) is 3.31. The third kappa shape index (κ3) is 2.72. The van der Waals surface area contributed by atoms with Crippen molar-refractivity contribution in [2.45, 2.75) is 33.9 Å². The van der Waals surface area contributed by atoms with Gasteiger partial charge in [-0.3, -0.25) is 10.1 Å². The van der Waals surface area contributed by atoms with Crippen LogP contribution in [0, 0.1) is 12.3 Å². The summed E-state index contributed by atoms with van der Waals surface area (Å²) in [5.74, 6) is 0.193. The van der Waals surface area contributed by atoms with Crippen molar-refractivity contribution in [1.29, 1.82) is 0 Å². The molecule has 2 rings (SSSR count). The Morgan fingerprint density at radius 2 is 2.00 bits per heavy atom. The highest BCUT2D eigenvalue weighted by Gasteiger charge is 2.34. The molecule has 0 radical (unpaired) electrons. The minimum absolute atomic E-state index is 0.0259. The van der Waals surface area contributed by atoms with Gasteiger partial charge in [-0.15, -0.1) is 0 Å². The molecule has 1 aromatic carbocycles. The van der Waals surface area contributed by atoms with Crippen molar-refractivity contribution in [2.75, 3.05) is 13.1 Å². The second-order valence-corrected chi connectivity index (χ2v) is 6.22. The Hall–Kier alpha value is -1.35. The zero-order valence-electron chi connectivity index (χ0n) is 11.7. The normalized spacial score (nSPS) is 20.6. The van der Waals surface area contributed by atoms with Crippen molar-refractivity contribution < 1.29 is 4.79 Å². The van der Waals surface area contributed by atoms with Crippen molar-refractivity contribution >= 4 is 5.91 Å². The Labute approximate surface area is 109 Å². The van der Waals surface area contributed by atoms with Crippen LogP contribution in [0.5, 0.6) is 0 Å². The zero-order chi connectivity index (χ0) is 13.3. The van der Waals surface area contributed by atoms with Crippen LogP contribution in [-0.2, 0) is 4.79 Å². The summed E-state index contributed by atoms with van der Waals surface area (Å²) in [6.45, 7) is 9.79. The predicted octanol–water partition coefficient (Wildman–Crippen LogP) is 2.47. The Bertz CT molecular complexity index is 448. The van der Waals surface area contributed by atoms with E-state index in [-0.39, 0.29) is 17.5 Å². The number of hydrogen-bond donors (Lipinski definition) is 1. The fourth-order valence-corrected chi connectivity index (χ4v) is 2.40. The molecule has 0 saturated carbocycles. The molecule has 1 saturated heterocycles. The molecule has 1 amide bonds. The van der Waals surface area contributed by atoms with Crippen LogP contribution in [-0.4, -0.2) is 23.9 Å². The van der Waals surface area contributed by atoms with Crippen molar-refractivity contribution in [2.24, 2.45) is 5.41 Å². The summed E-state index contributed by atoms with van der Waals surface area (Å²) in [4.78, 5) is 14.0. The van der Waals surface area contributed by atoms with Crippen molar-refractivity contribution in [3.05, 3.63) is 35.4 Å². The smallest absolute Gasteiger partial charge is 0.238 e. The highest BCUT2D eigenvalue weighted by Crippen LogP contribution is 2.28. The van der Waals surface area contributed by atoms with Gasteiger partial charge in [-0.1, -0.05) is 45.0 Å². The van der Waals surface area contributed by atoms with Crippen LogP contribution in [0.4, 0.5) is 0 Å². The standard InChI is InChI=1S/C15H22N2O/c1-11-7-5-6-8-12(11)14-16-9-13(18)17(14)10-15(2,3)4/h5-8,14,16H,9-10H2,1-4H3. The number of carbonyl (C=O) groups is 1. The van der Waals surface area contributed by atoms with Gasteiger partial charge in [-0.25, -0.2) is 0 Å². The van der Waals surface area contributed by atoms with Crippen LogP contribution in [0.2, 0.25) is 0 Å². The third-order valence-corrected chi connectivity index (χ3v) is 3.21. The monoisotopic (exact) mass is 246 g/mol. The fraction of sp³-hybridized carbons (Fsp3) is 0.533. The van der Waals surface area contributed by atoms with Gasteiger partial charge in [0.25, 0.3) is 0 Å². The van der Waals surface area contributed by atoms with E-state index in [1.165, 1.54) is 11.1 Å². The van der Waals surface area contributed by atoms with Crippen LogP contribution in [0.25, 0.3) is 0 Å². The lowest BCUT2D eigenvalue weighted by molar-refractivity contribution is -0.129. The van der Waals surface area contributed by atoms with Gasteiger partial charge in [0, 0.05) is 6.54 Å². The summed E-state index contributed by atoms with van der Waals surface area (Å²) >= 11 is 0. The first kappa shape index (κ1) is 13.1. The van der Waals surface area contributed by atoms with Crippen LogP contribution in [0.15, 0.2) is 24.3 Å². The first-order valence-corrected chi connectivity index (χ1v) is 6.47. The Kier molecular flexibility index (Phi) is 3.44. The summed E-state index contributed by atoms with van der Waals surface area (Å²) < 4.78 is 0. The van der Waals surface area contributed by atoms with Crippen LogP contribution in [0.1, 0.15) is 38.1 Å². The van der Waals surface area contributed by atoms with Gasteiger partial charge in [-0.2, -0.15) is 0 Å². The van der Waals surface area contributed by atoms with Gasteiger partial charge < -0.3 is 4.90 Å². The Balaban J connectivity index is 2.27. The molecule has 1 atom stereocenters. The summed E-state index contributed by atoms with van der Waals surface area (Å²) in [7, 11) is 0. The van der Waals surface area contributed by atoms with Crippen molar-refractivity contribution in [1.82, 2.24) is 10.2 Å². The molecule has 3 nitrogen and oxygen atoms in total. The first-order chi connectivity index (χ1) is 8.38. The minimum atomic E-state index is 0.0259. The first-order valence-electron chi connectivity index (χ1n) is 6.47. The molecule has 18 heavy (non-hydrogen) atoms. The van der Waals surface area contributed by atoms with E-state index < -0.39 is 0 Å². The average Bonchev–Trinajstić information content (AvgIpc) is 2.60. The lowest BCUT2D eigenvalue weighted by Crippen LogP contribution is -2.37. The lowest BCUT2D eigenvalue weighted by Gasteiger charge is -2.31. The highest BCUT2D eigenvalue weighted by atomic mass is 16.2. The summed E-state index contributed by atoms with van der Waals surface area (Å²) in [6, 6.07) is 8.25. The number of amides is 1. The lowest BCUT2D eigenvalue weighted by atomic mass is 9.95. The molecule has 3 heteroatoms. The molecule has 1 heterocycles. The van der Waals surface area contributed by atoms with Gasteiger partial charge in [0.1, 0.15) is 6.17 Å². The molecular formula is C15H22N2O. The van der Waals surface area contributed by atoms with Gasteiger partial charge in [0.15, 0.2) is 0 Å². The SMILES string of the molecule is Cc1ccccc1C1NCC(=O)N1CC(C)(C)C. The van der Waals surface area contributed by atoms with Crippen LogP contribution < -0.4 is 5.32 Å². The van der Waals surface area contributed by atoms with Crippen molar-refractivity contribution in [3.63, 3.8) is 0 Å². The Morgan fingerprint density at radius 1 is 1.33 bits per heavy atom. The quantitative estimate of drug-likeness (QED) is 0.869. The third-order valence-electron chi connectivity index (χ3n) is 3.21. The zero-order valence-corrected chi connectivity index (χ0v) is 11.7. The summed E-state index contributed by atoms with van der Waals surface area (Å²) in [6.07, 6.45) is 0.0259. The van der Waals surface area contributed by atoms with Crippen molar-refractivity contribution in [3.8, 4) is 0 Å². The van der Waals surface area contributed by atoms with E-state index in [9.17, 15) is 4.79 Å². The number of rotatable bonds is 2. The predicted molar refractivity (Wildman–Crippen MR) is 73.1 cm³/mol. The molecule has 1 fully saturated rings. The molecule has 1 aliphatic rings. The maximum Gasteiger partial charge on any atom is 0.238 e. The molecule has 1 aromatic rings. The Morgan fingerprint density at radius 3 is 2.61 bits per heavy atom. The van der Waals surface area contributed by atoms with E-state index in [0.29, 0.717) is 6.54 Å². The van der Waals surface area contributed by atoms with E-state index in [0.717, 1.165) is 6.54 Å². The maximum atomic E-state index is 12.0. The molecular weight excluding hydrogens is 224 g/mol. The van der Waals surface area contributed by atoms with E-state index in [2.05, 4.69) is 45.1 Å². The maximum absolute atomic E-state index is 12.0. The van der Waals surface area contributed by atoms with E-state index in [1.54, 1.807) is 0 Å². The van der Waals surface area contributed by atoms with Gasteiger partial charge in [-0.05, 0) is 23.5 Å². The largest absolute Gasteiger partial charge is 0.321 e. The molecule has 1 unspecified atom stereocenters. The van der Waals surface area contributed by atoms with Crippen LogP contribution >= 0.6 is 0 Å². The summed E-state index contributed by atoms with van der Waals surface area (Å²) in [5.41, 5.74) is 2.54. The molecule has 98 valence electrons. The molecule has 1 N–H and O–H groups in total. The highest BCUT2D eigenvalue weighted by molar-refractivity contribution is 5.81. The number of nitrogens with zero attached hydrogens (tertiary/aromatic N) is 1. The number of aryl methyl sites for hydroxylation is 1. The molecule has 0 aliphatic carbocycles. The minimum Gasteiger partial charge on any atom is -0.321 e. The van der Waals surface area contributed by atoms with Gasteiger partial charge in [0.05, 0.1) is 6.54 Å². The van der Waals surface area contributed by atoms with E-state index in [1.807, 2.05) is 17.0 Å². The molecule has 0 spiro atoms. The number of benzene rings is 1. The molecule has 1 aliphatic heterocycles. The number of carbonyl (C=O) groups excluding carboxylic acids is 1. The average molecular weight is 246 g/mol. The number of nitrogens with one attached hydrogen (secondary N) is 1. The molecule has 0 bridgehead atoms. The molecule has 0 aromatic heterocycles. The van der Waals surface area contributed by atoms with Gasteiger partial charge >= 0.3 is 0 Å². The number of hydrogen-bond acceptors (Lipinski definition) is 2. The topological polar surface area (TPSA) is 32.3 Å². The second kappa shape index (κ2) is 4.73. The second-order valence-electron chi connectivity index (χ2n) is 6.22.